The van der Waals surface area contributed by atoms with E-state index in [0.717, 1.165) is 6.07 Å². The third kappa shape index (κ3) is 2.02. The van der Waals surface area contributed by atoms with Crippen molar-refractivity contribution in [2.45, 2.75) is 6.42 Å². The van der Waals surface area contributed by atoms with E-state index in [0.29, 0.717) is 5.69 Å². The first-order valence-electron chi connectivity index (χ1n) is 5.32. The van der Waals surface area contributed by atoms with Gasteiger partial charge in [0.05, 0.1) is 11.5 Å². The second-order valence-corrected chi connectivity index (χ2v) is 4.08. The van der Waals surface area contributed by atoms with E-state index in [2.05, 4.69) is 0 Å². The van der Waals surface area contributed by atoms with Crippen molar-refractivity contribution in [3.63, 3.8) is 0 Å². The number of nitrogens with two attached hydrogens (primary N) is 1. The molecule has 1 fully saturated rings. The van der Waals surface area contributed by atoms with Gasteiger partial charge in [0, 0.05) is 18.7 Å². The van der Waals surface area contributed by atoms with Crippen LogP contribution in [0.4, 0.5) is 10.1 Å². The molecule has 0 bridgehead atoms. The van der Waals surface area contributed by atoms with E-state index in [-0.39, 0.29) is 24.4 Å². The summed E-state index contributed by atoms with van der Waals surface area (Å²) in [4.78, 5) is 24.1. The zero-order valence-corrected chi connectivity index (χ0v) is 9.39. The molecule has 0 aliphatic carbocycles. The molecule has 92 valence electrons. The fourth-order valence-corrected chi connectivity index (χ4v) is 1.91. The Balaban J connectivity index is 2.30. The Kier molecular flexibility index (Phi) is 2.98. The molecule has 0 radical (unpaired) electrons. The number of amides is 2. The topological polar surface area (TPSA) is 87.2 Å². The summed E-state index contributed by atoms with van der Waals surface area (Å²) < 4.78 is 13.2. The van der Waals surface area contributed by atoms with Crippen molar-refractivity contribution in [1.29, 1.82) is 5.26 Å². The molecule has 2 amide bonds. The number of rotatable bonds is 2. The maximum atomic E-state index is 13.2. The van der Waals surface area contributed by atoms with Crippen LogP contribution in [0, 0.1) is 23.1 Å². The highest BCUT2D eigenvalue weighted by molar-refractivity contribution is 6.00. The summed E-state index contributed by atoms with van der Waals surface area (Å²) in [5, 5.41) is 8.72. The van der Waals surface area contributed by atoms with Gasteiger partial charge in [-0.25, -0.2) is 4.39 Å². The predicted octanol–water partition coefficient (Wildman–Crippen LogP) is 0.536. The maximum Gasteiger partial charge on any atom is 0.227 e. The summed E-state index contributed by atoms with van der Waals surface area (Å²) in [6.45, 7) is 0.171. The Bertz CT molecular complexity index is 565. The molecule has 1 atom stereocenters. The van der Waals surface area contributed by atoms with E-state index in [9.17, 15) is 14.0 Å². The van der Waals surface area contributed by atoms with Crippen LogP contribution in [0.1, 0.15) is 12.0 Å². The van der Waals surface area contributed by atoms with Crippen LogP contribution in [0.15, 0.2) is 18.2 Å². The Morgan fingerprint density at radius 3 is 2.83 bits per heavy atom. The van der Waals surface area contributed by atoms with Crippen molar-refractivity contribution in [2.24, 2.45) is 11.7 Å². The Morgan fingerprint density at radius 1 is 1.56 bits per heavy atom. The van der Waals surface area contributed by atoms with Crippen LogP contribution < -0.4 is 10.6 Å². The van der Waals surface area contributed by atoms with Crippen LogP contribution in [0.2, 0.25) is 0 Å². The van der Waals surface area contributed by atoms with Crippen molar-refractivity contribution in [3.8, 4) is 6.07 Å². The first kappa shape index (κ1) is 12.0. The predicted molar refractivity (Wildman–Crippen MR) is 60.8 cm³/mol. The van der Waals surface area contributed by atoms with E-state index >= 15 is 0 Å². The average Bonchev–Trinajstić information content (AvgIpc) is 2.72. The van der Waals surface area contributed by atoms with Gasteiger partial charge in [-0.1, -0.05) is 0 Å². The van der Waals surface area contributed by atoms with Gasteiger partial charge in [-0.05, 0) is 18.2 Å². The Hall–Kier alpha value is -2.42. The highest BCUT2D eigenvalue weighted by atomic mass is 19.1. The number of benzene rings is 1. The Labute approximate surface area is 103 Å². The second kappa shape index (κ2) is 4.45. The second-order valence-electron chi connectivity index (χ2n) is 4.08. The van der Waals surface area contributed by atoms with Crippen LogP contribution in [-0.4, -0.2) is 18.4 Å². The Morgan fingerprint density at radius 2 is 2.28 bits per heavy atom. The lowest BCUT2D eigenvalue weighted by Crippen LogP contribution is -2.28. The molecule has 0 aromatic heterocycles. The molecular weight excluding hydrogens is 237 g/mol. The maximum absolute atomic E-state index is 13.2. The van der Waals surface area contributed by atoms with Crippen LogP contribution in [0.3, 0.4) is 0 Å². The van der Waals surface area contributed by atoms with E-state index in [1.807, 2.05) is 0 Å². The number of nitrogens with zero attached hydrogens (tertiary/aromatic N) is 2. The fourth-order valence-electron chi connectivity index (χ4n) is 1.91. The zero-order chi connectivity index (χ0) is 13.3. The van der Waals surface area contributed by atoms with E-state index < -0.39 is 17.6 Å². The minimum Gasteiger partial charge on any atom is -0.369 e. The van der Waals surface area contributed by atoms with Gasteiger partial charge >= 0.3 is 0 Å². The van der Waals surface area contributed by atoms with Crippen LogP contribution in [-0.2, 0) is 9.59 Å². The summed E-state index contributed by atoms with van der Waals surface area (Å²) in [6, 6.07) is 5.52. The summed E-state index contributed by atoms with van der Waals surface area (Å²) in [5.41, 5.74) is 5.42. The number of halogens is 1. The third-order valence-corrected chi connectivity index (χ3v) is 2.91. The number of nitriles is 1. The van der Waals surface area contributed by atoms with E-state index in [1.54, 1.807) is 6.07 Å². The molecule has 5 nitrogen and oxygen atoms in total. The van der Waals surface area contributed by atoms with Crippen molar-refractivity contribution < 1.29 is 14.0 Å². The first-order valence-corrected chi connectivity index (χ1v) is 5.32. The number of carbonyl (C=O) groups excluding carboxylic acids is 2. The molecule has 1 aromatic carbocycles. The van der Waals surface area contributed by atoms with Crippen LogP contribution in [0.25, 0.3) is 0 Å². The monoisotopic (exact) mass is 247 g/mol. The molecule has 0 spiro atoms. The zero-order valence-electron chi connectivity index (χ0n) is 9.39. The van der Waals surface area contributed by atoms with Crippen LogP contribution >= 0.6 is 0 Å². The molecule has 1 aliphatic rings. The highest BCUT2D eigenvalue weighted by Gasteiger charge is 2.34. The highest BCUT2D eigenvalue weighted by Crippen LogP contribution is 2.26. The summed E-state index contributed by atoms with van der Waals surface area (Å²) >= 11 is 0. The molecule has 1 saturated heterocycles. The minimum absolute atomic E-state index is 0.0502. The summed E-state index contributed by atoms with van der Waals surface area (Å²) in [5.74, 6) is -1.96. The van der Waals surface area contributed by atoms with Gasteiger partial charge < -0.3 is 10.6 Å². The molecule has 1 heterocycles. The molecule has 6 heteroatoms. The van der Waals surface area contributed by atoms with Gasteiger partial charge in [0.2, 0.25) is 11.8 Å². The third-order valence-electron chi connectivity index (χ3n) is 2.91. The van der Waals surface area contributed by atoms with E-state index in [4.69, 9.17) is 11.0 Å². The standard InChI is InChI=1S/C12H10FN3O2/c13-10-2-1-9(3-7(10)5-14)16-6-8(12(15)18)4-11(16)17/h1-3,8H,4,6H2,(H2,15,18). The number of hydrogen-bond acceptors (Lipinski definition) is 3. The van der Waals surface area contributed by atoms with E-state index in [1.165, 1.54) is 17.0 Å². The number of carbonyl (C=O) groups is 2. The summed E-state index contributed by atoms with van der Waals surface area (Å²) in [7, 11) is 0. The van der Waals surface area contributed by atoms with Gasteiger partial charge in [0.15, 0.2) is 0 Å². The molecule has 18 heavy (non-hydrogen) atoms. The van der Waals surface area contributed by atoms with Gasteiger partial charge in [-0.3, -0.25) is 9.59 Å². The van der Waals surface area contributed by atoms with Gasteiger partial charge in [-0.15, -0.1) is 0 Å². The molecule has 1 unspecified atom stereocenters. The quantitative estimate of drug-likeness (QED) is 0.827. The van der Waals surface area contributed by atoms with Crippen LogP contribution in [0.5, 0.6) is 0 Å². The van der Waals surface area contributed by atoms with Crippen molar-refractivity contribution in [1.82, 2.24) is 0 Å². The SMILES string of the molecule is N#Cc1cc(N2CC(C(N)=O)CC2=O)ccc1F. The van der Waals surface area contributed by atoms with Crippen molar-refractivity contribution in [3.05, 3.63) is 29.6 Å². The molecule has 1 aliphatic heterocycles. The van der Waals surface area contributed by atoms with Gasteiger partial charge in [0.1, 0.15) is 11.9 Å². The number of anilines is 1. The molecule has 0 saturated carbocycles. The smallest absolute Gasteiger partial charge is 0.227 e. The largest absolute Gasteiger partial charge is 0.369 e. The normalized spacial score (nSPS) is 18.8. The van der Waals surface area contributed by atoms with Gasteiger partial charge in [0.25, 0.3) is 0 Å². The molecule has 2 N–H and O–H groups in total. The fraction of sp³-hybridized carbons (Fsp3) is 0.250. The minimum atomic E-state index is -0.639. The lowest BCUT2D eigenvalue weighted by Gasteiger charge is -2.16. The average molecular weight is 247 g/mol. The lowest BCUT2D eigenvalue weighted by molar-refractivity contribution is -0.123. The molecule has 1 aromatic rings. The van der Waals surface area contributed by atoms with Crippen molar-refractivity contribution >= 4 is 17.5 Å². The number of hydrogen-bond donors (Lipinski definition) is 1. The molecule has 2 rings (SSSR count). The molecular formula is C12H10FN3O2. The van der Waals surface area contributed by atoms with Crippen molar-refractivity contribution in [2.75, 3.05) is 11.4 Å². The number of primary amides is 1. The lowest BCUT2D eigenvalue weighted by atomic mass is 10.1. The summed E-state index contributed by atoms with van der Waals surface area (Å²) in [6.07, 6.45) is 0.0502. The van der Waals surface area contributed by atoms with Gasteiger partial charge in [-0.2, -0.15) is 5.26 Å². The first-order chi connectivity index (χ1) is 8.52.